The highest BCUT2D eigenvalue weighted by Crippen LogP contribution is 2.38. The topological polar surface area (TPSA) is 58.7 Å². The van der Waals surface area contributed by atoms with E-state index >= 15 is 0 Å². The van der Waals surface area contributed by atoms with E-state index < -0.39 is 0 Å². The molecule has 0 radical (unpaired) electrons. The second kappa shape index (κ2) is 4.89. The predicted molar refractivity (Wildman–Crippen MR) is 80.6 cm³/mol. The number of hydrogen-bond acceptors (Lipinski definition) is 4. The Kier molecular flexibility index (Phi) is 3.01. The van der Waals surface area contributed by atoms with Crippen molar-refractivity contribution in [1.82, 2.24) is 5.32 Å². The van der Waals surface area contributed by atoms with Crippen LogP contribution in [0.3, 0.4) is 0 Å². The summed E-state index contributed by atoms with van der Waals surface area (Å²) in [5.74, 6) is 0.754. The Labute approximate surface area is 126 Å². The second-order valence-electron chi connectivity index (χ2n) is 5.55. The molecule has 0 fully saturated rings. The van der Waals surface area contributed by atoms with Crippen molar-refractivity contribution in [3.05, 3.63) is 40.2 Å². The lowest BCUT2D eigenvalue weighted by atomic mass is 10.0. The van der Waals surface area contributed by atoms with Gasteiger partial charge < -0.3 is 20.0 Å². The summed E-state index contributed by atoms with van der Waals surface area (Å²) >= 11 is 1.73. The van der Waals surface area contributed by atoms with Crippen LogP contribution in [0.25, 0.3) is 0 Å². The molecular formula is C15H18N3O2S+. The van der Waals surface area contributed by atoms with E-state index in [0.717, 1.165) is 42.4 Å². The van der Waals surface area contributed by atoms with E-state index in [1.165, 1.54) is 10.4 Å². The van der Waals surface area contributed by atoms with Gasteiger partial charge in [-0.2, -0.15) is 0 Å². The van der Waals surface area contributed by atoms with Gasteiger partial charge >= 0.3 is 0 Å². The Balaban J connectivity index is 1.69. The van der Waals surface area contributed by atoms with Gasteiger partial charge in [0.15, 0.2) is 6.17 Å². The Morgan fingerprint density at radius 2 is 2.38 bits per heavy atom. The molecule has 2 aromatic rings. The van der Waals surface area contributed by atoms with E-state index in [0.29, 0.717) is 0 Å². The number of thiophene rings is 1. The molecule has 3 N–H and O–H groups in total. The summed E-state index contributed by atoms with van der Waals surface area (Å²) in [5, 5.41) is 7.38. The standard InChI is InChI=1S/C15H17N3O2S/c1-2-18-6-5-9-11(8-18)21-15-12(9)14(19)16-13(17-15)10-4-3-7-20-10/h3-4,7,13,17H,2,5-6,8H2,1H3,(H,16,19)/p+1/t13-/m1/s1. The minimum atomic E-state index is -0.269. The normalized spacial score (nSPS) is 24.0. The average molecular weight is 304 g/mol. The average Bonchev–Trinajstić information content (AvgIpc) is 3.13. The van der Waals surface area contributed by atoms with Crippen molar-refractivity contribution in [3.63, 3.8) is 0 Å². The SMILES string of the molecule is CC[NH+]1CCc2c(sc3c2C(=O)N[C@@H](c2ccco2)N3)C1. The summed E-state index contributed by atoms with van der Waals surface area (Å²) in [4.78, 5) is 15.4. The van der Waals surface area contributed by atoms with Crippen LogP contribution in [0.15, 0.2) is 22.8 Å². The molecular weight excluding hydrogens is 286 g/mol. The summed E-state index contributed by atoms with van der Waals surface area (Å²) < 4.78 is 5.40. The molecule has 0 saturated heterocycles. The van der Waals surface area contributed by atoms with Crippen molar-refractivity contribution >= 4 is 22.2 Å². The van der Waals surface area contributed by atoms with Crippen LogP contribution in [0.1, 0.15) is 39.6 Å². The van der Waals surface area contributed by atoms with Crippen LogP contribution in [0, 0.1) is 0 Å². The zero-order valence-corrected chi connectivity index (χ0v) is 12.7. The first kappa shape index (κ1) is 12.9. The molecule has 4 rings (SSSR count). The van der Waals surface area contributed by atoms with Gasteiger partial charge in [0, 0.05) is 6.42 Å². The molecule has 1 unspecified atom stereocenters. The third-order valence-corrected chi connectivity index (χ3v) is 5.50. The predicted octanol–water partition coefficient (Wildman–Crippen LogP) is 1.16. The maximum Gasteiger partial charge on any atom is 0.256 e. The highest BCUT2D eigenvalue weighted by atomic mass is 32.1. The number of hydrogen-bond donors (Lipinski definition) is 3. The molecule has 5 nitrogen and oxygen atoms in total. The number of furan rings is 1. The molecule has 2 atom stereocenters. The Morgan fingerprint density at radius 3 is 3.14 bits per heavy atom. The van der Waals surface area contributed by atoms with Crippen molar-refractivity contribution in [3.8, 4) is 0 Å². The van der Waals surface area contributed by atoms with Gasteiger partial charge in [-0.05, 0) is 24.6 Å². The third-order valence-electron chi connectivity index (χ3n) is 4.34. The molecule has 1 amide bonds. The first-order valence-corrected chi connectivity index (χ1v) is 8.16. The number of rotatable bonds is 2. The molecule has 0 spiro atoms. The highest BCUT2D eigenvalue weighted by molar-refractivity contribution is 7.16. The van der Waals surface area contributed by atoms with Crippen LogP contribution < -0.4 is 15.5 Å². The molecule has 0 saturated carbocycles. The van der Waals surface area contributed by atoms with Crippen molar-refractivity contribution in [2.24, 2.45) is 0 Å². The maximum atomic E-state index is 12.5. The van der Waals surface area contributed by atoms with Gasteiger partial charge in [-0.3, -0.25) is 4.79 Å². The first-order chi connectivity index (χ1) is 10.3. The lowest BCUT2D eigenvalue weighted by Crippen LogP contribution is -3.11. The number of amides is 1. The number of carbonyl (C=O) groups is 1. The van der Waals surface area contributed by atoms with Crippen molar-refractivity contribution in [1.29, 1.82) is 0 Å². The zero-order valence-electron chi connectivity index (χ0n) is 11.9. The van der Waals surface area contributed by atoms with E-state index in [9.17, 15) is 4.79 Å². The minimum absolute atomic E-state index is 0.0163. The van der Waals surface area contributed by atoms with Crippen molar-refractivity contribution < 1.29 is 14.1 Å². The fourth-order valence-electron chi connectivity index (χ4n) is 3.15. The zero-order chi connectivity index (χ0) is 14.4. The molecule has 4 heterocycles. The summed E-state index contributed by atoms with van der Waals surface area (Å²) in [5.41, 5.74) is 2.10. The van der Waals surface area contributed by atoms with E-state index in [4.69, 9.17) is 4.42 Å². The summed E-state index contributed by atoms with van der Waals surface area (Å²) in [6.07, 6.45) is 2.35. The maximum absolute atomic E-state index is 12.5. The van der Waals surface area contributed by atoms with Gasteiger partial charge in [0.1, 0.15) is 17.3 Å². The number of anilines is 1. The number of likely N-dealkylation sites (N-methyl/N-ethyl adjacent to an activating group) is 1. The van der Waals surface area contributed by atoms with E-state index in [-0.39, 0.29) is 12.1 Å². The largest absolute Gasteiger partial charge is 0.465 e. The fourth-order valence-corrected chi connectivity index (χ4v) is 4.49. The van der Waals surface area contributed by atoms with Gasteiger partial charge in [-0.25, -0.2) is 0 Å². The molecule has 2 aromatic heterocycles. The van der Waals surface area contributed by atoms with Gasteiger partial charge in [0.25, 0.3) is 5.91 Å². The quantitative estimate of drug-likeness (QED) is 0.780. The van der Waals surface area contributed by atoms with Crippen LogP contribution in [-0.4, -0.2) is 19.0 Å². The molecule has 110 valence electrons. The summed E-state index contributed by atoms with van der Waals surface area (Å²) in [7, 11) is 0. The van der Waals surface area contributed by atoms with Gasteiger partial charge in [-0.1, -0.05) is 0 Å². The Bertz CT molecular complexity index is 677. The van der Waals surface area contributed by atoms with E-state index in [1.807, 2.05) is 12.1 Å². The smallest absolute Gasteiger partial charge is 0.256 e. The number of nitrogens with one attached hydrogen (secondary N) is 3. The molecule has 2 aliphatic rings. The van der Waals surface area contributed by atoms with Crippen molar-refractivity contribution in [2.75, 3.05) is 18.4 Å². The lowest BCUT2D eigenvalue weighted by Gasteiger charge is -2.25. The monoisotopic (exact) mass is 304 g/mol. The summed E-state index contributed by atoms with van der Waals surface area (Å²) in [6.45, 7) is 5.49. The lowest BCUT2D eigenvalue weighted by molar-refractivity contribution is -0.913. The number of carbonyl (C=O) groups excluding carboxylic acids is 1. The second-order valence-corrected chi connectivity index (χ2v) is 6.66. The van der Waals surface area contributed by atoms with E-state index in [1.54, 1.807) is 22.5 Å². The van der Waals surface area contributed by atoms with Crippen LogP contribution in [0.5, 0.6) is 0 Å². The van der Waals surface area contributed by atoms with Crippen LogP contribution >= 0.6 is 11.3 Å². The Hall–Kier alpha value is -1.79. The molecule has 2 aliphatic heterocycles. The molecule has 21 heavy (non-hydrogen) atoms. The van der Waals surface area contributed by atoms with Gasteiger partial charge in [-0.15, -0.1) is 11.3 Å². The van der Waals surface area contributed by atoms with E-state index in [2.05, 4.69) is 17.6 Å². The third kappa shape index (κ3) is 2.06. The fraction of sp³-hybridized carbons (Fsp3) is 0.400. The van der Waals surface area contributed by atoms with Crippen LogP contribution in [-0.2, 0) is 13.0 Å². The molecule has 0 aromatic carbocycles. The Morgan fingerprint density at radius 1 is 1.48 bits per heavy atom. The number of fused-ring (bicyclic) bond motifs is 3. The first-order valence-electron chi connectivity index (χ1n) is 7.35. The van der Waals surface area contributed by atoms with Crippen LogP contribution in [0.4, 0.5) is 5.00 Å². The van der Waals surface area contributed by atoms with Gasteiger partial charge in [0.2, 0.25) is 0 Å². The molecule has 6 heteroatoms. The van der Waals surface area contributed by atoms with Crippen LogP contribution in [0.2, 0.25) is 0 Å². The van der Waals surface area contributed by atoms with Gasteiger partial charge in [0.05, 0.1) is 29.8 Å². The highest BCUT2D eigenvalue weighted by Gasteiger charge is 2.34. The molecule has 0 aliphatic carbocycles. The minimum Gasteiger partial charge on any atom is -0.465 e. The summed E-state index contributed by atoms with van der Waals surface area (Å²) in [6, 6.07) is 3.71. The molecule has 0 bridgehead atoms. The number of quaternary nitrogens is 1. The van der Waals surface area contributed by atoms with Crippen molar-refractivity contribution in [2.45, 2.75) is 26.1 Å².